The predicted octanol–water partition coefficient (Wildman–Crippen LogP) is 0.849. The maximum absolute atomic E-state index is 5.65. The summed E-state index contributed by atoms with van der Waals surface area (Å²) in [4.78, 5) is 2.60. The standard InChI is InChI=1S/C12H22N2O/c1-2-11(15-7-1)8-13-12-9-14-5-3-10(12)4-6-14/h10-13H,1-9H2/t11-,12-/m1/s1. The van der Waals surface area contributed by atoms with E-state index in [2.05, 4.69) is 10.2 Å². The number of hydrogen-bond donors (Lipinski definition) is 1. The van der Waals surface area contributed by atoms with Crippen molar-refractivity contribution in [3.8, 4) is 0 Å². The molecule has 0 saturated carbocycles. The summed E-state index contributed by atoms with van der Waals surface area (Å²) in [6.45, 7) is 6.00. The third kappa shape index (κ3) is 2.19. The van der Waals surface area contributed by atoms with Crippen LogP contribution in [0.4, 0.5) is 0 Å². The Hall–Kier alpha value is -0.120. The van der Waals surface area contributed by atoms with Crippen LogP contribution in [0.1, 0.15) is 25.7 Å². The minimum Gasteiger partial charge on any atom is -0.377 e. The minimum absolute atomic E-state index is 0.500. The van der Waals surface area contributed by atoms with Gasteiger partial charge in [-0.05, 0) is 44.7 Å². The Morgan fingerprint density at radius 1 is 1.20 bits per heavy atom. The van der Waals surface area contributed by atoms with E-state index < -0.39 is 0 Å². The molecule has 0 aliphatic carbocycles. The van der Waals surface area contributed by atoms with Gasteiger partial charge in [0, 0.05) is 25.7 Å². The Labute approximate surface area is 92.2 Å². The van der Waals surface area contributed by atoms with E-state index in [1.54, 1.807) is 0 Å². The molecule has 1 N–H and O–H groups in total. The van der Waals surface area contributed by atoms with Gasteiger partial charge in [-0.2, -0.15) is 0 Å². The average Bonchev–Trinajstić information content (AvgIpc) is 2.81. The van der Waals surface area contributed by atoms with Crippen molar-refractivity contribution < 1.29 is 4.74 Å². The summed E-state index contributed by atoms with van der Waals surface area (Å²) in [5.41, 5.74) is 0. The minimum atomic E-state index is 0.500. The van der Waals surface area contributed by atoms with Crippen LogP contribution in [0.15, 0.2) is 0 Å². The van der Waals surface area contributed by atoms with Crippen molar-refractivity contribution >= 4 is 0 Å². The lowest BCUT2D eigenvalue weighted by Crippen LogP contribution is -2.56. The predicted molar refractivity (Wildman–Crippen MR) is 59.9 cm³/mol. The molecule has 4 aliphatic rings. The number of piperidine rings is 3. The maximum Gasteiger partial charge on any atom is 0.0700 e. The zero-order valence-corrected chi connectivity index (χ0v) is 9.45. The fourth-order valence-corrected chi connectivity index (χ4v) is 3.28. The van der Waals surface area contributed by atoms with Gasteiger partial charge in [0.25, 0.3) is 0 Å². The molecule has 4 rings (SSSR count). The number of hydrogen-bond acceptors (Lipinski definition) is 3. The van der Waals surface area contributed by atoms with Crippen molar-refractivity contribution in [1.82, 2.24) is 10.2 Å². The van der Waals surface area contributed by atoms with Crippen LogP contribution in [-0.2, 0) is 4.74 Å². The van der Waals surface area contributed by atoms with E-state index in [1.807, 2.05) is 0 Å². The van der Waals surface area contributed by atoms with E-state index in [0.29, 0.717) is 6.10 Å². The zero-order chi connectivity index (χ0) is 10.1. The lowest BCUT2D eigenvalue weighted by molar-refractivity contribution is 0.0569. The first-order valence-electron chi connectivity index (χ1n) is 6.49. The van der Waals surface area contributed by atoms with Crippen molar-refractivity contribution in [2.24, 2.45) is 5.92 Å². The molecule has 0 radical (unpaired) electrons. The highest BCUT2D eigenvalue weighted by Crippen LogP contribution is 2.27. The summed E-state index contributed by atoms with van der Waals surface area (Å²) in [7, 11) is 0. The molecule has 0 aromatic heterocycles. The largest absolute Gasteiger partial charge is 0.377 e. The molecule has 0 unspecified atom stereocenters. The summed E-state index contributed by atoms with van der Waals surface area (Å²) in [5, 5.41) is 3.73. The smallest absolute Gasteiger partial charge is 0.0700 e. The fourth-order valence-electron chi connectivity index (χ4n) is 3.28. The van der Waals surface area contributed by atoms with Crippen LogP contribution >= 0.6 is 0 Å². The molecule has 4 aliphatic heterocycles. The molecule has 3 heteroatoms. The second-order valence-electron chi connectivity index (χ2n) is 5.29. The van der Waals surface area contributed by atoms with Crippen LogP contribution in [0.25, 0.3) is 0 Å². The summed E-state index contributed by atoms with van der Waals surface area (Å²) in [6, 6.07) is 0.747. The molecule has 2 atom stereocenters. The molecular weight excluding hydrogens is 188 g/mol. The first-order valence-corrected chi connectivity index (χ1v) is 6.49. The van der Waals surface area contributed by atoms with Gasteiger partial charge < -0.3 is 15.0 Å². The zero-order valence-electron chi connectivity index (χ0n) is 9.45. The number of rotatable bonds is 3. The number of ether oxygens (including phenoxy) is 1. The van der Waals surface area contributed by atoms with Gasteiger partial charge in [-0.3, -0.25) is 0 Å². The van der Waals surface area contributed by atoms with E-state index in [4.69, 9.17) is 4.74 Å². The lowest BCUT2D eigenvalue weighted by atomic mass is 9.84. The summed E-state index contributed by atoms with van der Waals surface area (Å²) in [6.07, 6.45) is 5.83. The molecule has 0 aromatic rings. The van der Waals surface area contributed by atoms with E-state index in [-0.39, 0.29) is 0 Å². The van der Waals surface area contributed by atoms with Crippen molar-refractivity contribution in [1.29, 1.82) is 0 Å². The van der Waals surface area contributed by atoms with Gasteiger partial charge in [0.2, 0.25) is 0 Å². The molecule has 4 fully saturated rings. The quantitative estimate of drug-likeness (QED) is 0.747. The third-order valence-corrected chi connectivity index (χ3v) is 4.29. The lowest BCUT2D eigenvalue weighted by Gasteiger charge is -2.45. The van der Waals surface area contributed by atoms with E-state index in [1.165, 1.54) is 45.3 Å². The Kier molecular flexibility index (Phi) is 2.95. The number of nitrogens with one attached hydrogen (secondary N) is 1. The van der Waals surface area contributed by atoms with Crippen LogP contribution in [0, 0.1) is 5.92 Å². The molecule has 0 amide bonds. The second kappa shape index (κ2) is 4.40. The average molecular weight is 210 g/mol. The Bertz CT molecular complexity index is 208. The molecule has 4 saturated heterocycles. The monoisotopic (exact) mass is 210 g/mol. The highest BCUT2D eigenvalue weighted by molar-refractivity contribution is 4.91. The molecule has 15 heavy (non-hydrogen) atoms. The van der Waals surface area contributed by atoms with Crippen molar-refractivity contribution in [2.45, 2.75) is 37.8 Å². The molecule has 4 heterocycles. The molecule has 0 spiro atoms. The van der Waals surface area contributed by atoms with Crippen LogP contribution in [0.5, 0.6) is 0 Å². The number of fused-ring (bicyclic) bond motifs is 3. The number of nitrogens with zero attached hydrogens (tertiary/aromatic N) is 1. The van der Waals surface area contributed by atoms with Crippen molar-refractivity contribution in [3.05, 3.63) is 0 Å². The van der Waals surface area contributed by atoms with Crippen LogP contribution in [-0.4, -0.2) is 49.8 Å². The summed E-state index contributed by atoms with van der Waals surface area (Å²) < 4.78 is 5.65. The summed E-state index contributed by atoms with van der Waals surface area (Å²) in [5.74, 6) is 0.941. The molecule has 86 valence electrons. The Morgan fingerprint density at radius 3 is 2.67 bits per heavy atom. The highest BCUT2D eigenvalue weighted by Gasteiger charge is 2.34. The van der Waals surface area contributed by atoms with Crippen LogP contribution < -0.4 is 5.32 Å². The first kappa shape index (κ1) is 10.1. The van der Waals surface area contributed by atoms with E-state index in [9.17, 15) is 0 Å². The first-order chi connectivity index (χ1) is 7.42. The summed E-state index contributed by atoms with van der Waals surface area (Å²) >= 11 is 0. The van der Waals surface area contributed by atoms with Gasteiger partial charge in [0.05, 0.1) is 6.10 Å². The fraction of sp³-hybridized carbons (Fsp3) is 1.00. The SMILES string of the molecule is C1CO[C@@H](CN[C@@H]2CN3CCC2CC3)C1. The third-order valence-electron chi connectivity index (χ3n) is 4.29. The molecule has 2 bridgehead atoms. The van der Waals surface area contributed by atoms with Crippen LogP contribution in [0.2, 0.25) is 0 Å². The Morgan fingerprint density at radius 2 is 2.07 bits per heavy atom. The van der Waals surface area contributed by atoms with Gasteiger partial charge >= 0.3 is 0 Å². The van der Waals surface area contributed by atoms with Gasteiger partial charge in [0.15, 0.2) is 0 Å². The van der Waals surface area contributed by atoms with Gasteiger partial charge in [-0.25, -0.2) is 0 Å². The van der Waals surface area contributed by atoms with Gasteiger partial charge in [0.1, 0.15) is 0 Å². The van der Waals surface area contributed by atoms with Crippen LogP contribution in [0.3, 0.4) is 0 Å². The molecule has 3 nitrogen and oxygen atoms in total. The second-order valence-corrected chi connectivity index (χ2v) is 5.29. The topological polar surface area (TPSA) is 24.5 Å². The maximum atomic E-state index is 5.65. The van der Waals surface area contributed by atoms with E-state index >= 15 is 0 Å². The van der Waals surface area contributed by atoms with Gasteiger partial charge in [-0.1, -0.05) is 0 Å². The Balaban J connectivity index is 1.46. The highest BCUT2D eigenvalue weighted by atomic mass is 16.5. The van der Waals surface area contributed by atoms with Crippen molar-refractivity contribution in [3.63, 3.8) is 0 Å². The van der Waals surface area contributed by atoms with Crippen molar-refractivity contribution in [2.75, 3.05) is 32.8 Å². The molecular formula is C12H22N2O. The normalized spacial score (nSPS) is 44.8. The van der Waals surface area contributed by atoms with E-state index in [0.717, 1.165) is 25.1 Å². The van der Waals surface area contributed by atoms with Gasteiger partial charge in [-0.15, -0.1) is 0 Å². The molecule has 0 aromatic carbocycles.